The van der Waals surface area contributed by atoms with Crippen molar-refractivity contribution in [2.45, 2.75) is 19.9 Å². The second-order valence-corrected chi connectivity index (χ2v) is 7.58. The van der Waals surface area contributed by atoms with Gasteiger partial charge >= 0.3 is 0 Å². The molecule has 0 saturated carbocycles. The van der Waals surface area contributed by atoms with Crippen LogP contribution in [0.15, 0.2) is 72.4 Å². The van der Waals surface area contributed by atoms with Crippen molar-refractivity contribution in [1.29, 1.82) is 0 Å². The monoisotopic (exact) mass is 418 g/mol. The Morgan fingerprint density at radius 2 is 1.73 bits per heavy atom. The second kappa shape index (κ2) is 7.76. The topological polar surface area (TPSA) is 70.5 Å². The molecule has 0 radical (unpaired) electrons. The number of hydrogen-bond donors (Lipinski definition) is 1. The van der Waals surface area contributed by atoms with E-state index in [9.17, 15) is 14.7 Å². The van der Waals surface area contributed by atoms with Crippen LogP contribution < -0.4 is 4.90 Å². The molecule has 1 atom stereocenters. The molecule has 150 valence electrons. The number of aromatic nitrogens is 1. The highest BCUT2D eigenvalue weighted by molar-refractivity contribution is 6.52. The molecule has 1 amide bonds. The maximum absolute atomic E-state index is 13.1. The highest BCUT2D eigenvalue weighted by Crippen LogP contribution is 2.43. The van der Waals surface area contributed by atoms with E-state index in [0.29, 0.717) is 27.5 Å². The molecule has 0 aliphatic carbocycles. The molecule has 3 aromatic rings. The van der Waals surface area contributed by atoms with Crippen molar-refractivity contribution in [1.82, 2.24) is 4.98 Å². The maximum Gasteiger partial charge on any atom is 0.300 e. The number of pyridine rings is 1. The quantitative estimate of drug-likeness (QED) is 0.370. The summed E-state index contributed by atoms with van der Waals surface area (Å²) >= 11 is 6.28. The van der Waals surface area contributed by atoms with Gasteiger partial charge in [-0.15, -0.1) is 0 Å². The van der Waals surface area contributed by atoms with Gasteiger partial charge in [0.2, 0.25) is 0 Å². The predicted molar refractivity (Wildman–Crippen MR) is 116 cm³/mol. The summed E-state index contributed by atoms with van der Waals surface area (Å²) in [6, 6.07) is 16.7. The summed E-state index contributed by atoms with van der Waals surface area (Å²) < 4.78 is 0. The Bertz CT molecular complexity index is 1170. The van der Waals surface area contributed by atoms with Gasteiger partial charge in [-0.05, 0) is 43.7 Å². The fourth-order valence-electron chi connectivity index (χ4n) is 3.62. The van der Waals surface area contributed by atoms with Gasteiger partial charge in [-0.2, -0.15) is 0 Å². The van der Waals surface area contributed by atoms with Crippen LogP contribution in [-0.4, -0.2) is 21.8 Å². The number of aliphatic hydroxyl groups excluding tert-OH is 1. The van der Waals surface area contributed by atoms with Crippen LogP contribution in [-0.2, 0) is 9.59 Å². The number of carbonyl (C=O) groups excluding carboxylic acids is 2. The fourth-order valence-corrected chi connectivity index (χ4v) is 3.79. The molecule has 1 aliphatic rings. The summed E-state index contributed by atoms with van der Waals surface area (Å²) in [6.07, 6.45) is 1.59. The standard InChI is InChI=1S/C24H19ClN2O3/c1-14-9-11-16(12-10-14)22(28)20-21(18-7-3-4-13-26-18)27(24(30)23(20)29)19-8-5-6-17(25)15(19)2/h3-13,21,28H,1-2H3/b22-20+. The number of anilines is 1. The summed E-state index contributed by atoms with van der Waals surface area (Å²) in [7, 11) is 0. The van der Waals surface area contributed by atoms with Crippen LogP contribution in [0.4, 0.5) is 5.69 Å². The lowest BCUT2D eigenvalue weighted by molar-refractivity contribution is -0.132. The lowest BCUT2D eigenvalue weighted by atomic mass is 9.97. The second-order valence-electron chi connectivity index (χ2n) is 7.17. The Kier molecular flexibility index (Phi) is 5.14. The minimum Gasteiger partial charge on any atom is -0.507 e. The van der Waals surface area contributed by atoms with Crippen molar-refractivity contribution in [3.05, 3.63) is 99.8 Å². The Morgan fingerprint density at radius 1 is 1.00 bits per heavy atom. The van der Waals surface area contributed by atoms with Crippen LogP contribution in [0, 0.1) is 13.8 Å². The molecule has 4 rings (SSSR count). The first-order valence-electron chi connectivity index (χ1n) is 9.44. The van der Waals surface area contributed by atoms with Crippen LogP contribution in [0.5, 0.6) is 0 Å². The lowest BCUT2D eigenvalue weighted by Crippen LogP contribution is -2.30. The van der Waals surface area contributed by atoms with Crippen molar-refractivity contribution in [2.24, 2.45) is 0 Å². The first-order chi connectivity index (χ1) is 14.4. The van der Waals surface area contributed by atoms with Gasteiger partial charge in [0.05, 0.1) is 11.3 Å². The van der Waals surface area contributed by atoms with Gasteiger partial charge in [-0.25, -0.2) is 0 Å². The molecule has 6 heteroatoms. The van der Waals surface area contributed by atoms with Gasteiger partial charge in [0.1, 0.15) is 11.8 Å². The van der Waals surface area contributed by atoms with E-state index in [0.717, 1.165) is 5.56 Å². The largest absolute Gasteiger partial charge is 0.507 e. The van der Waals surface area contributed by atoms with Crippen LogP contribution >= 0.6 is 11.6 Å². The van der Waals surface area contributed by atoms with E-state index >= 15 is 0 Å². The minimum absolute atomic E-state index is 0.00179. The first kappa shape index (κ1) is 19.9. The minimum atomic E-state index is -0.871. The Labute approximate surface area is 179 Å². The molecule has 1 aromatic heterocycles. The number of aliphatic hydroxyl groups is 1. The lowest BCUT2D eigenvalue weighted by Gasteiger charge is -2.26. The summed E-state index contributed by atoms with van der Waals surface area (Å²) in [4.78, 5) is 31.9. The number of aryl methyl sites for hydroxylation is 1. The third kappa shape index (κ3) is 3.27. The van der Waals surface area contributed by atoms with Gasteiger partial charge in [0, 0.05) is 22.5 Å². The number of rotatable bonds is 3. The third-order valence-electron chi connectivity index (χ3n) is 5.24. The van der Waals surface area contributed by atoms with Gasteiger partial charge in [-0.1, -0.05) is 53.6 Å². The Hall–Kier alpha value is -3.44. The summed E-state index contributed by atoms with van der Waals surface area (Å²) in [5.41, 5.74) is 3.12. The number of ketones is 1. The van der Waals surface area contributed by atoms with Crippen molar-refractivity contribution in [3.8, 4) is 0 Å². The average Bonchev–Trinajstić information content (AvgIpc) is 3.01. The maximum atomic E-state index is 13.1. The molecular formula is C24H19ClN2O3. The number of benzene rings is 2. The van der Waals surface area contributed by atoms with Crippen LogP contribution in [0.25, 0.3) is 5.76 Å². The zero-order valence-corrected chi connectivity index (χ0v) is 17.2. The SMILES string of the molecule is Cc1ccc(/C(O)=C2\C(=O)C(=O)N(c3cccc(Cl)c3C)C2c2ccccn2)cc1. The molecule has 2 heterocycles. The van der Waals surface area contributed by atoms with Crippen LogP contribution in [0.3, 0.4) is 0 Å². The number of carbonyl (C=O) groups is 2. The molecule has 2 aromatic carbocycles. The molecule has 30 heavy (non-hydrogen) atoms. The summed E-state index contributed by atoms with van der Waals surface area (Å²) in [5, 5.41) is 11.5. The van der Waals surface area contributed by atoms with E-state index < -0.39 is 17.7 Å². The predicted octanol–water partition coefficient (Wildman–Crippen LogP) is 4.98. The van der Waals surface area contributed by atoms with Gasteiger partial charge in [0.15, 0.2) is 0 Å². The summed E-state index contributed by atoms with van der Waals surface area (Å²) in [5.74, 6) is -1.72. The molecule has 1 saturated heterocycles. The average molecular weight is 419 g/mol. The van der Waals surface area contributed by atoms with E-state index in [4.69, 9.17) is 11.6 Å². The van der Waals surface area contributed by atoms with Gasteiger partial charge in [0.25, 0.3) is 11.7 Å². The normalized spacial score (nSPS) is 18.1. The van der Waals surface area contributed by atoms with Crippen molar-refractivity contribution in [3.63, 3.8) is 0 Å². The zero-order chi connectivity index (χ0) is 21.4. The van der Waals surface area contributed by atoms with Crippen molar-refractivity contribution >= 4 is 34.7 Å². The number of amides is 1. The van der Waals surface area contributed by atoms with E-state index in [2.05, 4.69) is 4.98 Å². The van der Waals surface area contributed by atoms with Gasteiger partial charge in [-0.3, -0.25) is 19.5 Å². The van der Waals surface area contributed by atoms with Crippen molar-refractivity contribution in [2.75, 3.05) is 4.90 Å². The Morgan fingerprint density at radius 3 is 2.40 bits per heavy atom. The molecule has 0 bridgehead atoms. The number of halogens is 1. The molecule has 0 spiro atoms. The van der Waals surface area contributed by atoms with Crippen LogP contribution in [0.2, 0.25) is 5.02 Å². The number of hydrogen-bond acceptors (Lipinski definition) is 4. The molecule has 5 nitrogen and oxygen atoms in total. The first-order valence-corrected chi connectivity index (χ1v) is 9.82. The highest BCUT2D eigenvalue weighted by Gasteiger charge is 2.48. The number of nitrogens with zero attached hydrogens (tertiary/aromatic N) is 2. The van der Waals surface area contributed by atoms with E-state index in [-0.39, 0.29) is 11.3 Å². The summed E-state index contributed by atoms with van der Waals surface area (Å²) in [6.45, 7) is 3.71. The fraction of sp³-hybridized carbons (Fsp3) is 0.125. The van der Waals surface area contributed by atoms with Crippen LogP contribution in [0.1, 0.15) is 28.4 Å². The molecule has 1 aliphatic heterocycles. The van der Waals surface area contributed by atoms with E-state index in [1.165, 1.54) is 4.90 Å². The smallest absolute Gasteiger partial charge is 0.300 e. The molecule has 1 N–H and O–H groups in total. The zero-order valence-electron chi connectivity index (χ0n) is 16.5. The van der Waals surface area contributed by atoms with Gasteiger partial charge < -0.3 is 5.11 Å². The van der Waals surface area contributed by atoms with E-state index in [1.54, 1.807) is 61.7 Å². The van der Waals surface area contributed by atoms with E-state index in [1.807, 2.05) is 19.1 Å². The molecular weight excluding hydrogens is 400 g/mol. The highest BCUT2D eigenvalue weighted by atomic mass is 35.5. The van der Waals surface area contributed by atoms with Crippen molar-refractivity contribution < 1.29 is 14.7 Å². The third-order valence-corrected chi connectivity index (χ3v) is 5.65. The Balaban J connectivity index is 1.97. The number of Topliss-reactive ketones (excluding diaryl/α,β-unsaturated/α-hetero) is 1. The molecule has 1 fully saturated rings. The molecule has 1 unspecified atom stereocenters.